The van der Waals surface area contributed by atoms with Gasteiger partial charge in [-0.15, -0.1) is 12.3 Å². The maximum atomic E-state index is 12.2. The first kappa shape index (κ1) is 16.5. The molecule has 1 aromatic carbocycles. The van der Waals surface area contributed by atoms with Gasteiger partial charge in [0.1, 0.15) is 5.75 Å². The third-order valence-corrected chi connectivity index (χ3v) is 2.94. The van der Waals surface area contributed by atoms with Crippen LogP contribution in [0, 0.1) is 12.3 Å². The molecule has 0 aliphatic heterocycles. The molecule has 0 saturated carbocycles. The van der Waals surface area contributed by atoms with E-state index in [9.17, 15) is 8.78 Å². The lowest BCUT2D eigenvalue weighted by molar-refractivity contribution is -0.0499. The molecule has 1 unspecified atom stereocenters. The van der Waals surface area contributed by atoms with E-state index in [1.165, 1.54) is 6.07 Å². The van der Waals surface area contributed by atoms with Crippen LogP contribution < -0.4 is 10.1 Å². The second kappa shape index (κ2) is 9.33. The van der Waals surface area contributed by atoms with Gasteiger partial charge in [-0.1, -0.05) is 19.1 Å². The first-order valence-corrected chi connectivity index (χ1v) is 6.89. The summed E-state index contributed by atoms with van der Waals surface area (Å²) in [7, 11) is 0. The van der Waals surface area contributed by atoms with Crippen molar-refractivity contribution in [3.05, 3.63) is 29.8 Å². The zero-order valence-corrected chi connectivity index (χ0v) is 11.7. The third-order valence-electron chi connectivity index (χ3n) is 2.94. The summed E-state index contributed by atoms with van der Waals surface area (Å²) < 4.78 is 28.9. The maximum Gasteiger partial charge on any atom is 0.387 e. The van der Waals surface area contributed by atoms with Gasteiger partial charge in [-0.3, -0.25) is 0 Å². The highest BCUT2D eigenvalue weighted by Gasteiger charge is 2.12. The first-order chi connectivity index (χ1) is 9.67. The van der Waals surface area contributed by atoms with Crippen molar-refractivity contribution in [1.82, 2.24) is 5.32 Å². The van der Waals surface area contributed by atoms with E-state index in [1.54, 1.807) is 12.1 Å². The molecule has 1 rings (SSSR count). The summed E-state index contributed by atoms with van der Waals surface area (Å²) in [5.74, 6) is 2.81. The van der Waals surface area contributed by atoms with Gasteiger partial charge in [-0.25, -0.2) is 0 Å². The summed E-state index contributed by atoms with van der Waals surface area (Å²) >= 11 is 0. The number of ether oxygens (including phenoxy) is 1. The summed E-state index contributed by atoms with van der Waals surface area (Å²) in [6.07, 6.45) is 8.77. The van der Waals surface area contributed by atoms with Crippen LogP contribution in [0.3, 0.4) is 0 Å². The van der Waals surface area contributed by atoms with Crippen LogP contribution in [0.15, 0.2) is 24.3 Å². The molecule has 2 nitrogen and oxygen atoms in total. The van der Waals surface area contributed by atoms with E-state index < -0.39 is 6.61 Å². The molecular weight excluding hydrogens is 260 g/mol. The molecule has 0 aliphatic rings. The van der Waals surface area contributed by atoms with Crippen molar-refractivity contribution in [3.8, 4) is 18.1 Å². The Labute approximate surface area is 119 Å². The SMILES string of the molecule is C#CCCCC(NCCC)c1cccc(OC(F)F)c1. The highest BCUT2D eigenvalue weighted by Crippen LogP contribution is 2.24. The van der Waals surface area contributed by atoms with Crippen molar-refractivity contribution in [3.63, 3.8) is 0 Å². The van der Waals surface area contributed by atoms with Gasteiger partial charge in [-0.05, 0) is 43.5 Å². The quantitative estimate of drug-likeness (QED) is 0.543. The summed E-state index contributed by atoms with van der Waals surface area (Å²) in [4.78, 5) is 0. The number of rotatable bonds is 9. The Balaban J connectivity index is 2.74. The minimum absolute atomic E-state index is 0.115. The van der Waals surface area contributed by atoms with Gasteiger partial charge in [0.15, 0.2) is 0 Å². The Morgan fingerprint density at radius 2 is 2.20 bits per heavy atom. The van der Waals surface area contributed by atoms with Crippen molar-refractivity contribution in [2.45, 2.75) is 45.3 Å². The minimum atomic E-state index is -2.80. The molecule has 0 amide bonds. The topological polar surface area (TPSA) is 21.3 Å². The molecule has 0 aromatic heterocycles. The standard InChI is InChI=1S/C16H21F2NO/c1-3-5-6-10-15(19-11-4-2)13-8-7-9-14(12-13)20-16(17)18/h1,7-9,12,15-16,19H,4-6,10-11H2,2H3. The van der Waals surface area contributed by atoms with E-state index in [2.05, 4.69) is 22.9 Å². The van der Waals surface area contributed by atoms with Crippen LogP contribution in [0.2, 0.25) is 0 Å². The summed E-state index contributed by atoms with van der Waals surface area (Å²) in [5, 5.41) is 3.41. The highest BCUT2D eigenvalue weighted by molar-refractivity contribution is 5.30. The van der Waals surface area contributed by atoms with E-state index in [1.807, 2.05) is 6.07 Å². The molecule has 0 saturated heterocycles. The molecule has 110 valence electrons. The number of nitrogens with one attached hydrogen (secondary N) is 1. The minimum Gasteiger partial charge on any atom is -0.435 e. The zero-order valence-electron chi connectivity index (χ0n) is 11.7. The largest absolute Gasteiger partial charge is 0.435 e. The van der Waals surface area contributed by atoms with E-state index in [4.69, 9.17) is 6.42 Å². The molecule has 4 heteroatoms. The van der Waals surface area contributed by atoms with Gasteiger partial charge in [0.25, 0.3) is 0 Å². The molecular formula is C16H21F2NO. The van der Waals surface area contributed by atoms with E-state index in [0.717, 1.165) is 37.8 Å². The number of alkyl halides is 2. The van der Waals surface area contributed by atoms with E-state index in [0.29, 0.717) is 0 Å². The molecule has 0 fully saturated rings. The van der Waals surface area contributed by atoms with Crippen molar-refractivity contribution >= 4 is 0 Å². The number of terminal acetylenes is 1. The third kappa shape index (κ3) is 6.03. The Hall–Kier alpha value is -1.60. The predicted molar refractivity (Wildman–Crippen MR) is 76.8 cm³/mol. The fraction of sp³-hybridized carbons (Fsp3) is 0.500. The van der Waals surface area contributed by atoms with Crippen LogP contribution in [-0.4, -0.2) is 13.2 Å². The van der Waals surface area contributed by atoms with Gasteiger partial charge in [0.2, 0.25) is 0 Å². The monoisotopic (exact) mass is 281 g/mol. The fourth-order valence-electron chi connectivity index (χ4n) is 2.02. The number of unbranched alkanes of at least 4 members (excludes halogenated alkanes) is 1. The van der Waals surface area contributed by atoms with E-state index >= 15 is 0 Å². The van der Waals surface area contributed by atoms with Gasteiger partial charge in [-0.2, -0.15) is 8.78 Å². The van der Waals surface area contributed by atoms with Crippen LogP contribution >= 0.6 is 0 Å². The number of halogens is 2. The van der Waals surface area contributed by atoms with Crippen LogP contribution in [-0.2, 0) is 0 Å². The van der Waals surface area contributed by atoms with Crippen molar-refractivity contribution in [2.24, 2.45) is 0 Å². The van der Waals surface area contributed by atoms with E-state index in [-0.39, 0.29) is 11.8 Å². The van der Waals surface area contributed by atoms with Crippen molar-refractivity contribution in [2.75, 3.05) is 6.54 Å². The van der Waals surface area contributed by atoms with Crippen molar-refractivity contribution < 1.29 is 13.5 Å². The Morgan fingerprint density at radius 3 is 2.85 bits per heavy atom. The lowest BCUT2D eigenvalue weighted by Gasteiger charge is -2.19. The first-order valence-electron chi connectivity index (χ1n) is 6.89. The molecule has 0 spiro atoms. The lowest BCUT2D eigenvalue weighted by Crippen LogP contribution is -2.22. The van der Waals surface area contributed by atoms with Crippen LogP contribution in [0.4, 0.5) is 8.78 Å². The van der Waals surface area contributed by atoms with Gasteiger partial charge >= 0.3 is 6.61 Å². The van der Waals surface area contributed by atoms with Crippen LogP contribution in [0.5, 0.6) is 5.75 Å². The Morgan fingerprint density at radius 1 is 1.40 bits per heavy atom. The van der Waals surface area contributed by atoms with Crippen LogP contribution in [0.25, 0.3) is 0 Å². The molecule has 0 heterocycles. The number of benzene rings is 1. The second-order valence-electron chi connectivity index (χ2n) is 4.55. The molecule has 0 aliphatic carbocycles. The van der Waals surface area contributed by atoms with Gasteiger partial charge in [0, 0.05) is 12.5 Å². The maximum absolute atomic E-state index is 12.2. The summed E-state index contributed by atoms with van der Waals surface area (Å²) in [5.41, 5.74) is 0.952. The molecule has 20 heavy (non-hydrogen) atoms. The molecule has 0 radical (unpaired) electrons. The smallest absolute Gasteiger partial charge is 0.387 e. The average Bonchev–Trinajstić information content (AvgIpc) is 2.42. The summed E-state index contributed by atoms with van der Waals surface area (Å²) in [6, 6.07) is 6.96. The number of hydrogen-bond donors (Lipinski definition) is 1. The summed E-state index contributed by atoms with van der Waals surface area (Å²) in [6.45, 7) is 0.163. The zero-order chi connectivity index (χ0) is 14.8. The molecule has 1 atom stereocenters. The molecule has 1 aromatic rings. The lowest BCUT2D eigenvalue weighted by atomic mass is 10.0. The Bertz CT molecular complexity index is 429. The Kier molecular flexibility index (Phi) is 7.67. The fourth-order valence-corrected chi connectivity index (χ4v) is 2.02. The molecule has 0 bridgehead atoms. The van der Waals surface area contributed by atoms with Crippen LogP contribution in [0.1, 0.15) is 44.2 Å². The van der Waals surface area contributed by atoms with Crippen molar-refractivity contribution in [1.29, 1.82) is 0 Å². The highest BCUT2D eigenvalue weighted by atomic mass is 19.3. The normalized spacial score (nSPS) is 12.2. The second-order valence-corrected chi connectivity index (χ2v) is 4.55. The van der Waals surface area contributed by atoms with Gasteiger partial charge < -0.3 is 10.1 Å². The van der Waals surface area contributed by atoms with Gasteiger partial charge in [0.05, 0.1) is 0 Å². The molecule has 1 N–H and O–H groups in total. The average molecular weight is 281 g/mol. The number of hydrogen-bond acceptors (Lipinski definition) is 2. The predicted octanol–water partition coefficient (Wildman–Crippen LogP) is 4.13.